The number of ether oxygens (including phenoxy) is 1. The molecule has 3 nitrogen and oxygen atoms in total. The summed E-state index contributed by atoms with van der Waals surface area (Å²) in [6.45, 7) is 0.545. The summed E-state index contributed by atoms with van der Waals surface area (Å²) in [6.07, 6.45) is 3.44. The van der Waals surface area contributed by atoms with Crippen molar-refractivity contribution in [1.82, 2.24) is 0 Å². The summed E-state index contributed by atoms with van der Waals surface area (Å²) in [5.74, 6) is 0. The molecule has 1 heterocycles. The van der Waals surface area contributed by atoms with Crippen LogP contribution in [0.15, 0.2) is 0 Å². The van der Waals surface area contributed by atoms with E-state index >= 15 is 0 Å². The summed E-state index contributed by atoms with van der Waals surface area (Å²) in [5, 5.41) is 0. The van der Waals surface area contributed by atoms with Crippen LogP contribution in [0.4, 0.5) is 0 Å². The Morgan fingerprint density at radius 2 is 2.42 bits per heavy atom. The van der Waals surface area contributed by atoms with Crippen LogP contribution in [0.5, 0.6) is 0 Å². The van der Waals surface area contributed by atoms with Gasteiger partial charge in [0.25, 0.3) is 0 Å². The lowest BCUT2D eigenvalue weighted by molar-refractivity contribution is 0.0716. The molecule has 70 valence electrons. The van der Waals surface area contributed by atoms with E-state index in [0.29, 0.717) is 18.7 Å². The average Bonchev–Trinajstić information content (AvgIpc) is 2.35. The van der Waals surface area contributed by atoms with Crippen LogP contribution in [-0.2, 0) is 9.26 Å². The third-order valence-corrected chi connectivity index (χ3v) is 2.73. The molecule has 1 saturated heterocycles. The molecular weight excluding hydrogens is 194 g/mol. The molecule has 6 heteroatoms. The fraction of sp³-hybridized carbons (Fsp3) is 1.00. The van der Waals surface area contributed by atoms with Gasteiger partial charge < -0.3 is 14.2 Å². The molecule has 0 aromatic carbocycles. The molecule has 0 aromatic heterocycles. The molecule has 1 N–H and O–H groups in total. The van der Waals surface area contributed by atoms with Crippen LogP contribution in [0.25, 0.3) is 0 Å². The van der Waals surface area contributed by atoms with E-state index in [1.54, 1.807) is 0 Å². The summed E-state index contributed by atoms with van der Waals surface area (Å²) >= 11 is 3.75. The second-order valence-electron chi connectivity index (χ2n) is 3.02. The fourth-order valence-corrected chi connectivity index (χ4v) is 1.88. The Morgan fingerprint density at radius 1 is 1.67 bits per heavy atom. The van der Waals surface area contributed by atoms with Crippen molar-refractivity contribution in [2.45, 2.75) is 31.4 Å². The molecule has 12 heavy (non-hydrogen) atoms. The van der Waals surface area contributed by atoms with Gasteiger partial charge in [-0.05, 0) is 19.3 Å². The van der Waals surface area contributed by atoms with E-state index in [0.717, 1.165) is 19.3 Å². The standard InChI is InChI=1S/C6H14BO3PS/c7-6-2-1-5(10-6)3-4-9-11(8)12/h5-6,8,12H,1-4,7H2/t5-,6+,11?/m0/s1. The highest BCUT2D eigenvalue weighted by molar-refractivity contribution is 8.41. The molecule has 0 amide bonds. The van der Waals surface area contributed by atoms with Crippen LogP contribution >= 0.6 is 19.8 Å². The lowest BCUT2D eigenvalue weighted by Gasteiger charge is -2.11. The molecule has 1 aliphatic heterocycles. The molecule has 3 atom stereocenters. The van der Waals surface area contributed by atoms with Crippen molar-refractivity contribution >= 4 is 27.7 Å². The Morgan fingerprint density at radius 3 is 2.92 bits per heavy atom. The van der Waals surface area contributed by atoms with Crippen molar-refractivity contribution in [3.63, 3.8) is 0 Å². The molecule has 0 spiro atoms. The molecule has 1 fully saturated rings. The molecular formula is C6H14BO3PS. The van der Waals surface area contributed by atoms with Crippen molar-refractivity contribution in [2.24, 2.45) is 0 Å². The molecule has 1 aliphatic rings. The van der Waals surface area contributed by atoms with Gasteiger partial charge in [0.15, 0.2) is 0 Å². The van der Waals surface area contributed by atoms with Gasteiger partial charge in [0.05, 0.1) is 12.7 Å². The maximum Gasteiger partial charge on any atom is 0.232 e. The summed E-state index contributed by atoms with van der Waals surface area (Å²) in [7, 11) is 0.589. The zero-order valence-electron chi connectivity index (χ0n) is 7.14. The van der Waals surface area contributed by atoms with Gasteiger partial charge in [-0.1, -0.05) is 12.2 Å². The first kappa shape index (κ1) is 10.8. The Labute approximate surface area is 80.3 Å². The summed E-state index contributed by atoms with van der Waals surface area (Å²) in [5.41, 5.74) is 0. The van der Waals surface area contributed by atoms with Gasteiger partial charge in [0.2, 0.25) is 7.58 Å². The summed E-state index contributed by atoms with van der Waals surface area (Å²) < 4.78 is 10.5. The highest BCUT2D eigenvalue weighted by Gasteiger charge is 2.21. The predicted octanol–water partition coefficient (Wildman–Crippen LogP) is 0.680. The third kappa shape index (κ3) is 4.10. The third-order valence-electron chi connectivity index (χ3n) is 1.97. The molecule has 0 radical (unpaired) electrons. The van der Waals surface area contributed by atoms with Gasteiger partial charge in [0, 0.05) is 6.00 Å². The molecule has 0 saturated carbocycles. The van der Waals surface area contributed by atoms with Crippen LogP contribution in [0.2, 0.25) is 0 Å². The van der Waals surface area contributed by atoms with Gasteiger partial charge >= 0.3 is 0 Å². The highest BCUT2D eigenvalue weighted by Crippen LogP contribution is 2.36. The largest absolute Gasteiger partial charge is 0.384 e. The zero-order valence-corrected chi connectivity index (χ0v) is 8.93. The summed E-state index contributed by atoms with van der Waals surface area (Å²) in [6, 6.07) is 0.390. The minimum Gasteiger partial charge on any atom is -0.384 e. The Bertz CT molecular complexity index is 138. The Kier molecular flexibility index (Phi) is 4.91. The maximum absolute atomic E-state index is 8.74. The smallest absolute Gasteiger partial charge is 0.232 e. The van der Waals surface area contributed by atoms with Crippen molar-refractivity contribution in [1.29, 1.82) is 0 Å². The fourth-order valence-electron chi connectivity index (χ4n) is 1.36. The maximum atomic E-state index is 8.74. The van der Waals surface area contributed by atoms with E-state index in [1.165, 1.54) is 0 Å². The van der Waals surface area contributed by atoms with Crippen LogP contribution < -0.4 is 0 Å². The van der Waals surface area contributed by atoms with Gasteiger partial charge in [-0.15, -0.1) is 0 Å². The minimum atomic E-state index is -1.49. The first-order valence-corrected chi connectivity index (χ1v) is 6.51. The second-order valence-corrected chi connectivity index (χ2v) is 4.81. The van der Waals surface area contributed by atoms with Crippen LogP contribution in [0.1, 0.15) is 19.3 Å². The number of rotatable bonds is 4. The zero-order chi connectivity index (χ0) is 8.97. The van der Waals surface area contributed by atoms with Gasteiger partial charge in [-0.25, -0.2) is 0 Å². The van der Waals surface area contributed by atoms with Crippen molar-refractivity contribution in [2.75, 3.05) is 6.61 Å². The van der Waals surface area contributed by atoms with E-state index in [4.69, 9.17) is 14.2 Å². The first-order valence-electron chi connectivity index (χ1n) is 4.14. The van der Waals surface area contributed by atoms with Gasteiger partial charge in [0.1, 0.15) is 7.85 Å². The lowest BCUT2D eigenvalue weighted by atomic mass is 9.97. The van der Waals surface area contributed by atoms with Gasteiger partial charge in [-0.3, -0.25) is 0 Å². The summed E-state index contributed by atoms with van der Waals surface area (Å²) in [4.78, 5) is 8.74. The molecule has 1 unspecified atom stereocenters. The molecule has 0 aliphatic carbocycles. The highest BCUT2D eigenvalue weighted by atomic mass is 32.7. The average molecular weight is 208 g/mol. The minimum absolute atomic E-state index is 0.322. The topological polar surface area (TPSA) is 38.7 Å². The van der Waals surface area contributed by atoms with Crippen LogP contribution in [0.3, 0.4) is 0 Å². The second kappa shape index (κ2) is 5.45. The van der Waals surface area contributed by atoms with E-state index in [2.05, 4.69) is 20.1 Å². The normalized spacial score (nSPS) is 32.2. The SMILES string of the molecule is B[C@H]1CC[C@@H](CCOP(O)S)O1. The van der Waals surface area contributed by atoms with E-state index in [1.807, 2.05) is 0 Å². The van der Waals surface area contributed by atoms with Crippen molar-refractivity contribution in [3.8, 4) is 0 Å². The Balaban J connectivity index is 2.00. The quantitative estimate of drug-likeness (QED) is 0.405. The lowest BCUT2D eigenvalue weighted by Crippen LogP contribution is -2.12. The van der Waals surface area contributed by atoms with E-state index in [-0.39, 0.29) is 0 Å². The molecule has 1 rings (SSSR count). The van der Waals surface area contributed by atoms with Gasteiger partial charge in [-0.2, -0.15) is 0 Å². The molecule has 0 bridgehead atoms. The number of thiol groups is 1. The van der Waals surface area contributed by atoms with Crippen LogP contribution in [0, 0.1) is 0 Å². The number of hydrogen-bond donors (Lipinski definition) is 2. The van der Waals surface area contributed by atoms with Crippen LogP contribution in [-0.4, -0.2) is 31.5 Å². The monoisotopic (exact) mass is 208 g/mol. The van der Waals surface area contributed by atoms with Crippen molar-refractivity contribution < 1.29 is 14.2 Å². The Hall–Kier alpha value is 0.725. The van der Waals surface area contributed by atoms with E-state index in [9.17, 15) is 0 Å². The number of hydrogen-bond acceptors (Lipinski definition) is 4. The first-order chi connectivity index (χ1) is 5.68. The van der Waals surface area contributed by atoms with E-state index < -0.39 is 7.58 Å². The molecule has 0 aromatic rings. The predicted molar refractivity (Wildman–Crippen MR) is 55.1 cm³/mol. The van der Waals surface area contributed by atoms with Crippen molar-refractivity contribution in [3.05, 3.63) is 0 Å².